The van der Waals surface area contributed by atoms with Crippen LogP contribution in [0.2, 0.25) is 10.0 Å². The molecule has 0 fully saturated rings. The fourth-order valence-corrected chi connectivity index (χ4v) is 11.0. The lowest BCUT2D eigenvalue weighted by molar-refractivity contribution is 0.112. The molecule has 0 unspecified atom stereocenters. The number of hydrogen-bond acceptors (Lipinski definition) is 10. The maximum Gasteiger partial charge on any atom is 0.294 e. The zero-order chi connectivity index (χ0) is 58.4. The molecule has 8 aromatic rings. The van der Waals surface area contributed by atoms with Crippen molar-refractivity contribution in [3.63, 3.8) is 0 Å². The van der Waals surface area contributed by atoms with Crippen molar-refractivity contribution in [3.05, 3.63) is 248 Å². The van der Waals surface area contributed by atoms with E-state index >= 15 is 0 Å². The molecular formula is C62H65Cl2N3O10S3. The standard InChI is InChI=1S/C39H41ClN2O6S2.C16H19NO3S.C7H5ClO/c1-5-41(25-29-9-7-11-35(23-29)49(43,44)45)33-17-19-37(27(3)21-33)39(31-13-15-32(40)16-14-31)38-20-18-34(22-28(38)4)42(6-2)26-30-10-8-12-36(24-30)50(46,47)48;1-3-17(15-8-4-6-13(2)10-15)12-14-7-5-9-16(11-14)21(18,19)20;8-7-3-1-6(5-9)2-4-7/h7-24,39H,5-6,25-26H2,1-4H3,(H,43,44,45)(H,46,47,48);4-11H,3,12H2,1-2H3,(H,18,19,20);1-5H. The van der Waals surface area contributed by atoms with E-state index in [2.05, 4.69) is 90.1 Å². The molecule has 0 radical (unpaired) electrons. The molecule has 0 saturated heterocycles. The molecule has 18 heteroatoms. The molecular weight excluding hydrogens is 1110 g/mol. The van der Waals surface area contributed by atoms with Gasteiger partial charge in [0, 0.05) is 77.9 Å². The molecule has 0 bridgehead atoms. The highest BCUT2D eigenvalue weighted by atomic mass is 35.5. The summed E-state index contributed by atoms with van der Waals surface area (Å²) in [6.45, 7) is 16.1. The summed E-state index contributed by atoms with van der Waals surface area (Å²) in [5.74, 6) is -0.0987. The summed E-state index contributed by atoms with van der Waals surface area (Å²) >= 11 is 11.9. The number of hydrogen-bond donors (Lipinski definition) is 3. The van der Waals surface area contributed by atoms with E-state index in [9.17, 15) is 39.2 Å². The van der Waals surface area contributed by atoms with Gasteiger partial charge in [0.15, 0.2) is 0 Å². The first-order chi connectivity index (χ1) is 37.9. The number of rotatable bonds is 19. The molecule has 0 saturated carbocycles. The molecule has 0 heterocycles. The fraction of sp³-hybridized carbons (Fsp3) is 0.210. The lowest BCUT2D eigenvalue weighted by Gasteiger charge is -2.28. The molecule has 8 aromatic carbocycles. The lowest BCUT2D eigenvalue weighted by Crippen LogP contribution is -2.23. The summed E-state index contributed by atoms with van der Waals surface area (Å²) in [5, 5.41) is 1.31. The van der Waals surface area contributed by atoms with Gasteiger partial charge in [-0.2, -0.15) is 25.3 Å². The maximum absolute atomic E-state index is 11.7. The SMILES string of the molecule is CCN(Cc1cccc(S(=O)(=O)O)c1)c1ccc(C(c2ccc(Cl)cc2)c2ccc(N(CC)Cc3cccc(S(=O)(=O)O)c3)cc2C)c(C)c1.CCN(Cc1cccc(S(=O)(=O)O)c1)c1cccc(C)c1.O=Cc1ccc(Cl)cc1. The van der Waals surface area contributed by atoms with Crippen LogP contribution in [0.4, 0.5) is 17.1 Å². The van der Waals surface area contributed by atoms with Gasteiger partial charge in [0.2, 0.25) is 0 Å². The van der Waals surface area contributed by atoms with Crippen LogP contribution in [0.3, 0.4) is 0 Å². The van der Waals surface area contributed by atoms with Crippen molar-refractivity contribution >= 4 is 76.9 Å². The second kappa shape index (κ2) is 28.0. The first kappa shape index (κ1) is 62.3. The van der Waals surface area contributed by atoms with Gasteiger partial charge < -0.3 is 14.7 Å². The average molecular weight is 1180 g/mol. The first-order valence-electron chi connectivity index (χ1n) is 25.6. The van der Waals surface area contributed by atoms with Gasteiger partial charge in [0.1, 0.15) is 6.29 Å². The summed E-state index contributed by atoms with van der Waals surface area (Å²) in [4.78, 5) is 16.2. The maximum atomic E-state index is 11.7. The van der Waals surface area contributed by atoms with Crippen LogP contribution in [0.5, 0.6) is 0 Å². The Morgan fingerprint density at radius 3 is 1.11 bits per heavy atom. The molecule has 0 amide bonds. The predicted octanol–water partition coefficient (Wildman–Crippen LogP) is 14.1. The molecule has 3 N–H and O–H groups in total. The van der Waals surface area contributed by atoms with Crippen LogP contribution in [0.1, 0.15) is 87.1 Å². The highest BCUT2D eigenvalue weighted by Gasteiger charge is 2.23. The van der Waals surface area contributed by atoms with E-state index in [0.29, 0.717) is 48.3 Å². The monoisotopic (exact) mass is 1180 g/mol. The van der Waals surface area contributed by atoms with E-state index < -0.39 is 30.4 Å². The number of aryl methyl sites for hydroxylation is 3. The Bertz CT molecular complexity index is 3620. The first-order valence-corrected chi connectivity index (χ1v) is 30.7. The van der Waals surface area contributed by atoms with Gasteiger partial charge in [0.05, 0.1) is 14.7 Å². The zero-order valence-electron chi connectivity index (χ0n) is 45.2. The van der Waals surface area contributed by atoms with Gasteiger partial charge in [-0.3, -0.25) is 18.5 Å². The van der Waals surface area contributed by atoms with Crippen LogP contribution in [0.25, 0.3) is 0 Å². The Hall–Kier alpha value is -6.86. The van der Waals surface area contributed by atoms with Crippen LogP contribution in [0.15, 0.2) is 197 Å². The quantitative estimate of drug-likeness (QED) is 0.0394. The number of halogens is 2. The number of carbonyl (C=O) groups excluding carboxylic acids is 1. The second-order valence-electron chi connectivity index (χ2n) is 19.0. The minimum absolute atomic E-state index is 0.0692. The lowest BCUT2D eigenvalue weighted by atomic mass is 9.81. The van der Waals surface area contributed by atoms with E-state index in [1.807, 2.05) is 69.3 Å². The molecule has 80 heavy (non-hydrogen) atoms. The third kappa shape index (κ3) is 17.6. The largest absolute Gasteiger partial charge is 0.367 e. The van der Waals surface area contributed by atoms with Crippen molar-refractivity contribution in [3.8, 4) is 0 Å². The van der Waals surface area contributed by atoms with Crippen molar-refractivity contribution in [2.75, 3.05) is 34.3 Å². The number of aldehydes is 1. The highest BCUT2D eigenvalue weighted by molar-refractivity contribution is 7.86. The topological polar surface area (TPSA) is 190 Å². The third-order valence-corrected chi connectivity index (χ3v) is 16.3. The van der Waals surface area contributed by atoms with E-state index in [1.54, 1.807) is 42.5 Å². The van der Waals surface area contributed by atoms with Gasteiger partial charge >= 0.3 is 0 Å². The minimum atomic E-state index is -4.30. The van der Waals surface area contributed by atoms with Crippen molar-refractivity contribution < 1.29 is 43.7 Å². The molecule has 0 aromatic heterocycles. The van der Waals surface area contributed by atoms with E-state index in [-0.39, 0.29) is 20.6 Å². The zero-order valence-corrected chi connectivity index (χ0v) is 49.2. The number of benzene rings is 8. The van der Waals surface area contributed by atoms with Crippen molar-refractivity contribution in [2.24, 2.45) is 0 Å². The van der Waals surface area contributed by atoms with Crippen molar-refractivity contribution in [1.82, 2.24) is 0 Å². The summed E-state index contributed by atoms with van der Waals surface area (Å²) in [5.41, 5.74) is 12.8. The van der Waals surface area contributed by atoms with Crippen molar-refractivity contribution in [2.45, 2.75) is 81.8 Å². The van der Waals surface area contributed by atoms with Gasteiger partial charge in [-0.1, -0.05) is 108 Å². The summed E-state index contributed by atoms with van der Waals surface area (Å²) in [7, 11) is -12.8. The number of nitrogens with zero attached hydrogens (tertiary/aromatic N) is 3. The Morgan fingerprint density at radius 1 is 0.438 bits per heavy atom. The summed E-state index contributed by atoms with van der Waals surface area (Å²) in [6.07, 6.45) is 0.788. The molecule has 420 valence electrons. The fourth-order valence-electron chi connectivity index (χ4n) is 9.14. The predicted molar refractivity (Wildman–Crippen MR) is 322 cm³/mol. The van der Waals surface area contributed by atoms with Crippen LogP contribution >= 0.6 is 23.2 Å². The van der Waals surface area contributed by atoms with Crippen LogP contribution < -0.4 is 14.7 Å². The molecule has 13 nitrogen and oxygen atoms in total. The minimum Gasteiger partial charge on any atom is -0.367 e. The van der Waals surface area contributed by atoms with Crippen molar-refractivity contribution in [1.29, 1.82) is 0 Å². The Labute approximate surface area is 481 Å². The molecule has 0 aliphatic rings. The van der Waals surface area contributed by atoms with Crippen LogP contribution in [-0.2, 0) is 50.0 Å². The molecule has 8 rings (SSSR count). The second-order valence-corrected chi connectivity index (χ2v) is 24.1. The van der Waals surface area contributed by atoms with Gasteiger partial charge in [-0.05, 0) is 189 Å². The average Bonchev–Trinajstić information content (AvgIpc) is 3.51. The smallest absolute Gasteiger partial charge is 0.294 e. The van der Waals surface area contributed by atoms with Crippen LogP contribution in [0, 0.1) is 20.8 Å². The summed E-state index contributed by atoms with van der Waals surface area (Å²) < 4.78 is 97.5. The van der Waals surface area contributed by atoms with Gasteiger partial charge in [-0.25, -0.2) is 0 Å². The van der Waals surface area contributed by atoms with Crippen LogP contribution in [-0.4, -0.2) is 64.8 Å². The van der Waals surface area contributed by atoms with E-state index in [0.717, 1.165) is 74.4 Å². The van der Waals surface area contributed by atoms with Gasteiger partial charge in [-0.15, -0.1) is 0 Å². The number of anilines is 3. The summed E-state index contributed by atoms with van der Waals surface area (Å²) in [6, 6.07) is 54.7. The van der Waals surface area contributed by atoms with Gasteiger partial charge in [0.25, 0.3) is 30.4 Å². The normalized spacial score (nSPS) is 11.4. The molecule has 0 atom stereocenters. The number of carbonyl (C=O) groups is 1. The van der Waals surface area contributed by atoms with E-state index in [4.69, 9.17) is 27.8 Å². The Balaban J connectivity index is 0.000000279. The van der Waals surface area contributed by atoms with E-state index in [1.165, 1.54) is 42.0 Å². The molecule has 0 aliphatic carbocycles. The molecule has 0 spiro atoms. The highest BCUT2D eigenvalue weighted by Crippen LogP contribution is 2.39. The Morgan fingerprint density at radius 2 is 0.787 bits per heavy atom. The Kier molecular flexibility index (Phi) is 21.8. The third-order valence-electron chi connectivity index (χ3n) is 13.3. The molecule has 0 aliphatic heterocycles.